The Kier molecular flexibility index (Phi) is 4.57. The fourth-order valence-corrected chi connectivity index (χ4v) is 2.27. The van der Waals surface area contributed by atoms with E-state index in [1.807, 2.05) is 32.0 Å². The van der Waals surface area contributed by atoms with Gasteiger partial charge in [-0.15, -0.1) is 5.10 Å². The Bertz CT molecular complexity index is 542. The van der Waals surface area contributed by atoms with Gasteiger partial charge in [-0.2, -0.15) is 0 Å². The minimum atomic E-state index is 0.373. The third-order valence-electron chi connectivity index (χ3n) is 2.58. The van der Waals surface area contributed by atoms with E-state index in [0.29, 0.717) is 12.4 Å². The van der Waals surface area contributed by atoms with Crippen LogP contribution in [0.4, 0.5) is 5.00 Å². The molecule has 0 aliphatic carbocycles. The molecule has 0 saturated heterocycles. The van der Waals surface area contributed by atoms with Gasteiger partial charge >= 0.3 is 0 Å². The molecule has 2 rings (SSSR count). The van der Waals surface area contributed by atoms with E-state index in [0.717, 1.165) is 28.6 Å². The van der Waals surface area contributed by atoms with Crippen molar-refractivity contribution in [2.45, 2.75) is 20.5 Å². The number of hydrogen-bond acceptors (Lipinski definition) is 6. The standard InChI is InChI=1S/C13H17N3O2S/c1-4-14-13-10(15-16-19-13)8-18-11-6-5-9(2)7-12(11)17-3/h5-7,14H,4,8H2,1-3H3. The molecule has 1 aromatic carbocycles. The highest BCUT2D eigenvalue weighted by atomic mass is 32.1. The predicted molar refractivity (Wildman–Crippen MR) is 76.1 cm³/mol. The number of nitrogens with one attached hydrogen (secondary N) is 1. The molecule has 0 saturated carbocycles. The van der Waals surface area contributed by atoms with E-state index in [-0.39, 0.29) is 0 Å². The fraction of sp³-hybridized carbons (Fsp3) is 0.385. The summed E-state index contributed by atoms with van der Waals surface area (Å²) in [6.07, 6.45) is 0. The van der Waals surface area contributed by atoms with Crippen LogP contribution < -0.4 is 14.8 Å². The summed E-state index contributed by atoms with van der Waals surface area (Å²) >= 11 is 1.34. The van der Waals surface area contributed by atoms with Gasteiger partial charge in [0.15, 0.2) is 11.5 Å². The van der Waals surface area contributed by atoms with Crippen LogP contribution in [0.1, 0.15) is 18.2 Å². The van der Waals surface area contributed by atoms with Crippen LogP contribution in [0.15, 0.2) is 18.2 Å². The summed E-state index contributed by atoms with van der Waals surface area (Å²) in [4.78, 5) is 0. The van der Waals surface area contributed by atoms with Crippen LogP contribution in [0.5, 0.6) is 11.5 Å². The number of aryl methyl sites for hydroxylation is 1. The van der Waals surface area contributed by atoms with Crippen molar-refractivity contribution >= 4 is 16.5 Å². The van der Waals surface area contributed by atoms with Crippen LogP contribution in [0, 0.1) is 6.92 Å². The highest BCUT2D eigenvalue weighted by Gasteiger charge is 2.10. The minimum absolute atomic E-state index is 0.373. The predicted octanol–water partition coefficient (Wildman–Crippen LogP) is 2.87. The van der Waals surface area contributed by atoms with Crippen molar-refractivity contribution in [3.05, 3.63) is 29.5 Å². The first-order valence-corrected chi connectivity index (χ1v) is 6.84. The first-order valence-electron chi connectivity index (χ1n) is 6.07. The van der Waals surface area contributed by atoms with Gasteiger partial charge in [-0.05, 0) is 31.5 Å². The van der Waals surface area contributed by atoms with Crippen molar-refractivity contribution in [2.75, 3.05) is 19.0 Å². The number of nitrogens with zero attached hydrogens (tertiary/aromatic N) is 2. The maximum atomic E-state index is 5.75. The van der Waals surface area contributed by atoms with Gasteiger partial charge in [-0.3, -0.25) is 0 Å². The van der Waals surface area contributed by atoms with E-state index in [4.69, 9.17) is 9.47 Å². The quantitative estimate of drug-likeness (QED) is 0.881. The maximum absolute atomic E-state index is 5.75. The van der Waals surface area contributed by atoms with Crippen LogP contribution in [-0.2, 0) is 6.61 Å². The molecule has 0 unspecified atom stereocenters. The summed E-state index contributed by atoms with van der Waals surface area (Å²) in [5.41, 5.74) is 1.95. The molecule has 0 radical (unpaired) electrons. The second kappa shape index (κ2) is 6.38. The monoisotopic (exact) mass is 279 g/mol. The van der Waals surface area contributed by atoms with Gasteiger partial charge in [0.25, 0.3) is 0 Å². The second-order valence-corrected chi connectivity index (χ2v) is 4.78. The smallest absolute Gasteiger partial charge is 0.161 e. The molecular weight excluding hydrogens is 262 g/mol. The summed E-state index contributed by atoms with van der Waals surface area (Å²) < 4.78 is 15.0. The van der Waals surface area contributed by atoms with Gasteiger partial charge < -0.3 is 14.8 Å². The number of rotatable bonds is 6. The van der Waals surface area contributed by atoms with E-state index in [1.54, 1.807) is 7.11 Å². The van der Waals surface area contributed by atoms with Gasteiger partial charge in [0.05, 0.1) is 7.11 Å². The van der Waals surface area contributed by atoms with Crippen LogP contribution in [-0.4, -0.2) is 23.2 Å². The van der Waals surface area contributed by atoms with E-state index in [1.165, 1.54) is 11.5 Å². The van der Waals surface area contributed by atoms with Gasteiger partial charge in [0, 0.05) is 18.1 Å². The average molecular weight is 279 g/mol. The van der Waals surface area contributed by atoms with Crippen molar-refractivity contribution in [2.24, 2.45) is 0 Å². The molecule has 1 N–H and O–H groups in total. The third-order valence-corrected chi connectivity index (χ3v) is 3.30. The molecule has 0 amide bonds. The highest BCUT2D eigenvalue weighted by molar-refractivity contribution is 7.10. The van der Waals surface area contributed by atoms with E-state index >= 15 is 0 Å². The molecule has 0 aliphatic heterocycles. The molecule has 0 fully saturated rings. The Hall–Kier alpha value is -1.82. The summed E-state index contributed by atoms with van der Waals surface area (Å²) in [6, 6.07) is 5.84. The molecule has 0 aliphatic rings. The Balaban J connectivity index is 2.07. The summed E-state index contributed by atoms with van der Waals surface area (Å²) in [5.74, 6) is 1.44. The van der Waals surface area contributed by atoms with Crippen LogP contribution in [0.2, 0.25) is 0 Å². The Morgan fingerprint density at radius 2 is 2.16 bits per heavy atom. The van der Waals surface area contributed by atoms with Gasteiger partial charge in [-0.1, -0.05) is 10.6 Å². The lowest BCUT2D eigenvalue weighted by Gasteiger charge is -2.10. The molecule has 6 heteroatoms. The molecule has 19 heavy (non-hydrogen) atoms. The van der Waals surface area contributed by atoms with Gasteiger partial charge in [0.1, 0.15) is 17.3 Å². The van der Waals surface area contributed by atoms with Gasteiger partial charge in [0.2, 0.25) is 0 Å². The molecule has 5 nitrogen and oxygen atoms in total. The molecule has 2 aromatic rings. The lowest BCUT2D eigenvalue weighted by Crippen LogP contribution is -2.03. The third kappa shape index (κ3) is 3.35. The summed E-state index contributed by atoms with van der Waals surface area (Å²) in [5, 5.41) is 8.23. The minimum Gasteiger partial charge on any atom is -0.493 e. The van der Waals surface area contributed by atoms with Crippen LogP contribution in [0.3, 0.4) is 0 Å². The van der Waals surface area contributed by atoms with Crippen molar-refractivity contribution in [1.82, 2.24) is 9.59 Å². The lowest BCUT2D eigenvalue weighted by atomic mass is 10.2. The molecular formula is C13H17N3O2S. The first kappa shape index (κ1) is 13.6. The lowest BCUT2D eigenvalue weighted by molar-refractivity contribution is 0.281. The fourth-order valence-electron chi connectivity index (χ4n) is 1.64. The number of anilines is 1. The molecule has 0 atom stereocenters. The highest BCUT2D eigenvalue weighted by Crippen LogP contribution is 2.29. The summed E-state index contributed by atoms with van der Waals surface area (Å²) in [6.45, 7) is 5.26. The maximum Gasteiger partial charge on any atom is 0.161 e. The number of methoxy groups -OCH3 is 1. The molecule has 1 aromatic heterocycles. The zero-order valence-corrected chi connectivity index (χ0v) is 12.1. The first-order chi connectivity index (χ1) is 9.24. The topological polar surface area (TPSA) is 56.3 Å². The van der Waals surface area contributed by atoms with E-state index in [9.17, 15) is 0 Å². The van der Waals surface area contributed by atoms with E-state index in [2.05, 4.69) is 14.9 Å². The SMILES string of the molecule is CCNc1snnc1COc1ccc(C)cc1OC. The largest absolute Gasteiger partial charge is 0.493 e. The average Bonchev–Trinajstić information content (AvgIpc) is 2.85. The molecule has 0 spiro atoms. The summed E-state index contributed by atoms with van der Waals surface area (Å²) in [7, 11) is 1.64. The van der Waals surface area contributed by atoms with Crippen molar-refractivity contribution in [3.8, 4) is 11.5 Å². The second-order valence-electron chi connectivity index (χ2n) is 4.02. The van der Waals surface area contributed by atoms with Crippen LogP contribution >= 0.6 is 11.5 Å². The number of hydrogen-bond donors (Lipinski definition) is 1. The van der Waals surface area contributed by atoms with Crippen molar-refractivity contribution in [1.29, 1.82) is 0 Å². The molecule has 0 bridgehead atoms. The number of aromatic nitrogens is 2. The zero-order chi connectivity index (χ0) is 13.7. The zero-order valence-electron chi connectivity index (χ0n) is 11.3. The Morgan fingerprint density at radius 3 is 2.89 bits per heavy atom. The molecule has 1 heterocycles. The Morgan fingerprint density at radius 1 is 1.32 bits per heavy atom. The Labute approximate surface area is 116 Å². The van der Waals surface area contributed by atoms with Crippen molar-refractivity contribution < 1.29 is 9.47 Å². The number of ether oxygens (including phenoxy) is 2. The number of benzene rings is 1. The van der Waals surface area contributed by atoms with Crippen LogP contribution in [0.25, 0.3) is 0 Å². The molecule has 102 valence electrons. The van der Waals surface area contributed by atoms with E-state index < -0.39 is 0 Å². The normalized spacial score (nSPS) is 10.3. The van der Waals surface area contributed by atoms with Crippen molar-refractivity contribution in [3.63, 3.8) is 0 Å². The van der Waals surface area contributed by atoms with Gasteiger partial charge in [-0.25, -0.2) is 0 Å².